The molecular formula is C13H15ClN2O2S. The average molecular weight is 299 g/mol. The summed E-state index contributed by atoms with van der Waals surface area (Å²) >= 11 is 7.46. The van der Waals surface area contributed by atoms with E-state index in [1.807, 2.05) is 25.1 Å². The molecule has 19 heavy (non-hydrogen) atoms. The third-order valence-corrected chi connectivity index (χ3v) is 4.07. The zero-order valence-corrected chi connectivity index (χ0v) is 12.6. The number of thiazole rings is 1. The summed E-state index contributed by atoms with van der Waals surface area (Å²) in [6.45, 7) is 2.57. The van der Waals surface area contributed by atoms with Crippen molar-refractivity contribution in [3.63, 3.8) is 0 Å². The van der Waals surface area contributed by atoms with Crippen LogP contribution in [0.1, 0.15) is 10.4 Å². The van der Waals surface area contributed by atoms with Crippen molar-refractivity contribution < 1.29 is 9.47 Å². The van der Waals surface area contributed by atoms with Gasteiger partial charge in [-0.05, 0) is 19.1 Å². The van der Waals surface area contributed by atoms with Crippen LogP contribution in [-0.4, -0.2) is 19.2 Å². The Bertz CT molecular complexity index is 552. The van der Waals surface area contributed by atoms with Crippen molar-refractivity contribution in [2.45, 2.75) is 13.5 Å². The van der Waals surface area contributed by atoms with Gasteiger partial charge in [0.2, 0.25) is 0 Å². The van der Waals surface area contributed by atoms with Crippen LogP contribution in [0.2, 0.25) is 5.15 Å². The number of ether oxygens (including phenoxy) is 2. The Kier molecular flexibility index (Phi) is 4.50. The number of hydrogen-bond acceptors (Lipinski definition) is 5. The number of aryl methyl sites for hydroxylation is 1. The average Bonchev–Trinajstić information content (AvgIpc) is 2.75. The summed E-state index contributed by atoms with van der Waals surface area (Å²) < 4.78 is 10.5. The van der Waals surface area contributed by atoms with E-state index in [2.05, 4.69) is 10.3 Å². The second-order valence-corrected chi connectivity index (χ2v) is 5.46. The minimum Gasteiger partial charge on any atom is -0.497 e. The summed E-state index contributed by atoms with van der Waals surface area (Å²) in [6.07, 6.45) is 0. The van der Waals surface area contributed by atoms with E-state index in [1.165, 1.54) is 11.3 Å². The molecule has 0 aliphatic carbocycles. The van der Waals surface area contributed by atoms with Gasteiger partial charge >= 0.3 is 0 Å². The second-order valence-electron chi connectivity index (χ2n) is 3.90. The van der Waals surface area contributed by atoms with E-state index in [0.29, 0.717) is 11.7 Å². The molecule has 1 heterocycles. The van der Waals surface area contributed by atoms with E-state index in [1.54, 1.807) is 14.2 Å². The van der Waals surface area contributed by atoms with Gasteiger partial charge in [-0.1, -0.05) is 11.6 Å². The minimum absolute atomic E-state index is 0.550. The highest BCUT2D eigenvalue weighted by Gasteiger charge is 2.08. The second kappa shape index (κ2) is 6.12. The summed E-state index contributed by atoms with van der Waals surface area (Å²) in [5, 5.41) is 4.59. The lowest BCUT2D eigenvalue weighted by Crippen LogP contribution is -2.01. The number of halogens is 1. The van der Waals surface area contributed by atoms with Crippen LogP contribution >= 0.6 is 22.9 Å². The Morgan fingerprint density at radius 3 is 2.68 bits per heavy atom. The smallest absolute Gasteiger partial charge is 0.184 e. The molecule has 0 bridgehead atoms. The molecule has 0 aliphatic rings. The number of benzene rings is 1. The molecule has 0 atom stereocenters. The SMILES string of the molecule is COc1ccc(CNc2nc(Cl)c(C)s2)c(OC)c1. The number of nitrogens with one attached hydrogen (secondary N) is 1. The molecule has 1 aromatic carbocycles. The topological polar surface area (TPSA) is 43.4 Å². The Hall–Kier alpha value is -1.46. The molecule has 1 N–H and O–H groups in total. The van der Waals surface area contributed by atoms with Crippen molar-refractivity contribution in [1.82, 2.24) is 4.98 Å². The van der Waals surface area contributed by atoms with Gasteiger partial charge in [-0.3, -0.25) is 0 Å². The van der Waals surface area contributed by atoms with Crippen LogP contribution in [0.3, 0.4) is 0 Å². The number of hydrogen-bond donors (Lipinski definition) is 1. The molecule has 0 saturated heterocycles. The standard InChI is InChI=1S/C13H15ClN2O2S/c1-8-12(14)16-13(19-8)15-7-9-4-5-10(17-2)6-11(9)18-3/h4-6H,7H2,1-3H3,(H,15,16). The fourth-order valence-electron chi connectivity index (χ4n) is 1.62. The van der Waals surface area contributed by atoms with Gasteiger partial charge in [-0.2, -0.15) is 0 Å². The predicted molar refractivity (Wildman–Crippen MR) is 78.7 cm³/mol. The van der Waals surface area contributed by atoms with Gasteiger partial charge in [-0.25, -0.2) is 4.98 Å². The minimum atomic E-state index is 0.550. The summed E-state index contributed by atoms with van der Waals surface area (Å²) in [5.41, 5.74) is 1.03. The van der Waals surface area contributed by atoms with Crippen molar-refractivity contribution >= 4 is 28.1 Å². The number of nitrogens with zero attached hydrogens (tertiary/aromatic N) is 1. The van der Waals surface area contributed by atoms with E-state index in [4.69, 9.17) is 21.1 Å². The van der Waals surface area contributed by atoms with E-state index >= 15 is 0 Å². The van der Waals surface area contributed by atoms with Crippen molar-refractivity contribution in [3.8, 4) is 11.5 Å². The Balaban J connectivity index is 2.10. The van der Waals surface area contributed by atoms with Gasteiger partial charge in [0.05, 0.1) is 14.2 Å². The van der Waals surface area contributed by atoms with Crippen LogP contribution in [-0.2, 0) is 6.54 Å². The number of methoxy groups -OCH3 is 2. The number of anilines is 1. The Morgan fingerprint density at radius 2 is 2.11 bits per heavy atom. The van der Waals surface area contributed by atoms with Crippen LogP contribution in [0.4, 0.5) is 5.13 Å². The van der Waals surface area contributed by atoms with Crippen molar-refractivity contribution in [2.24, 2.45) is 0 Å². The molecule has 102 valence electrons. The molecule has 0 fully saturated rings. The predicted octanol–water partition coefficient (Wildman–Crippen LogP) is 3.73. The first-order valence-corrected chi connectivity index (χ1v) is 6.91. The largest absolute Gasteiger partial charge is 0.497 e. The van der Waals surface area contributed by atoms with E-state index < -0.39 is 0 Å². The molecule has 0 unspecified atom stereocenters. The highest BCUT2D eigenvalue weighted by molar-refractivity contribution is 7.16. The zero-order valence-electron chi connectivity index (χ0n) is 11.0. The lowest BCUT2D eigenvalue weighted by Gasteiger charge is -2.10. The lowest BCUT2D eigenvalue weighted by atomic mass is 10.2. The molecule has 1 aromatic heterocycles. The van der Waals surface area contributed by atoms with Crippen LogP contribution in [0.25, 0.3) is 0 Å². The monoisotopic (exact) mass is 298 g/mol. The zero-order chi connectivity index (χ0) is 13.8. The molecule has 0 amide bonds. The normalized spacial score (nSPS) is 10.3. The van der Waals surface area contributed by atoms with Gasteiger partial charge in [0, 0.05) is 23.1 Å². The molecule has 6 heteroatoms. The first-order chi connectivity index (χ1) is 9.13. The number of aromatic nitrogens is 1. The number of rotatable bonds is 5. The highest BCUT2D eigenvalue weighted by atomic mass is 35.5. The van der Waals surface area contributed by atoms with Crippen molar-refractivity contribution in [3.05, 3.63) is 33.8 Å². The lowest BCUT2D eigenvalue weighted by molar-refractivity contribution is 0.391. The van der Waals surface area contributed by atoms with Crippen molar-refractivity contribution in [1.29, 1.82) is 0 Å². The molecule has 0 radical (unpaired) electrons. The van der Waals surface area contributed by atoms with Gasteiger partial charge < -0.3 is 14.8 Å². The molecule has 2 aromatic rings. The molecule has 0 saturated carbocycles. The quantitative estimate of drug-likeness (QED) is 0.913. The first-order valence-electron chi connectivity index (χ1n) is 5.71. The Labute approximate surface area is 121 Å². The molecule has 0 aliphatic heterocycles. The van der Waals surface area contributed by atoms with E-state index in [-0.39, 0.29) is 0 Å². The summed E-state index contributed by atoms with van der Waals surface area (Å²) in [7, 11) is 3.27. The highest BCUT2D eigenvalue weighted by Crippen LogP contribution is 2.28. The molecule has 2 rings (SSSR count). The van der Waals surface area contributed by atoms with Gasteiger partial charge in [0.1, 0.15) is 16.7 Å². The van der Waals surface area contributed by atoms with Gasteiger partial charge in [0.25, 0.3) is 0 Å². The molecule has 4 nitrogen and oxygen atoms in total. The van der Waals surface area contributed by atoms with Crippen LogP contribution < -0.4 is 14.8 Å². The first kappa shape index (κ1) is 14.0. The van der Waals surface area contributed by atoms with Gasteiger partial charge in [0.15, 0.2) is 5.13 Å². The molecular weight excluding hydrogens is 284 g/mol. The van der Waals surface area contributed by atoms with Gasteiger partial charge in [-0.15, -0.1) is 11.3 Å². The maximum Gasteiger partial charge on any atom is 0.184 e. The van der Waals surface area contributed by atoms with Crippen LogP contribution in [0.5, 0.6) is 11.5 Å². The summed E-state index contributed by atoms with van der Waals surface area (Å²) in [4.78, 5) is 5.23. The molecule has 0 spiro atoms. The van der Waals surface area contributed by atoms with Crippen LogP contribution in [0.15, 0.2) is 18.2 Å². The van der Waals surface area contributed by atoms with Crippen LogP contribution in [0, 0.1) is 6.92 Å². The maximum absolute atomic E-state index is 5.93. The third kappa shape index (κ3) is 3.30. The fraction of sp³-hybridized carbons (Fsp3) is 0.308. The van der Waals surface area contributed by atoms with E-state index in [9.17, 15) is 0 Å². The Morgan fingerprint density at radius 1 is 1.32 bits per heavy atom. The maximum atomic E-state index is 5.93. The van der Waals surface area contributed by atoms with E-state index in [0.717, 1.165) is 27.1 Å². The third-order valence-electron chi connectivity index (χ3n) is 2.66. The summed E-state index contributed by atoms with van der Waals surface area (Å²) in [6, 6.07) is 5.73. The van der Waals surface area contributed by atoms with Crippen molar-refractivity contribution in [2.75, 3.05) is 19.5 Å². The summed E-state index contributed by atoms with van der Waals surface area (Å²) in [5.74, 6) is 1.56. The fourth-order valence-corrected chi connectivity index (χ4v) is 2.57.